The summed E-state index contributed by atoms with van der Waals surface area (Å²) in [6.45, 7) is 9.00. The summed E-state index contributed by atoms with van der Waals surface area (Å²) in [5, 5.41) is 16.1. The lowest BCUT2D eigenvalue weighted by Crippen LogP contribution is -2.04. The number of hydrogen-bond donors (Lipinski definition) is 2. The van der Waals surface area contributed by atoms with Gasteiger partial charge in [0.15, 0.2) is 0 Å². The lowest BCUT2D eigenvalue weighted by molar-refractivity contribution is -0.139. The van der Waals surface area contributed by atoms with Crippen LogP contribution in [-0.2, 0) is 9.59 Å². The van der Waals surface area contributed by atoms with E-state index < -0.39 is 18.4 Å². The second kappa shape index (κ2) is 16.5. The molecule has 0 aromatic rings. The van der Waals surface area contributed by atoms with Crippen LogP contribution in [0, 0.1) is 0 Å². The zero-order valence-electron chi connectivity index (χ0n) is 13.3. The topological polar surface area (TPSA) is 74.6 Å². The van der Waals surface area contributed by atoms with Crippen molar-refractivity contribution in [2.24, 2.45) is 0 Å². The number of unbranched alkanes of at least 4 members (excludes halogenated alkanes) is 8. The average Bonchev–Trinajstić information content (AvgIpc) is 2.42. The predicted molar refractivity (Wildman–Crippen MR) is 86.5 cm³/mol. The van der Waals surface area contributed by atoms with Crippen LogP contribution < -0.4 is 0 Å². The number of carboxylic acids is 2. The Morgan fingerprint density at radius 2 is 1.43 bits per heavy atom. The van der Waals surface area contributed by atoms with Crippen LogP contribution in [0.3, 0.4) is 0 Å². The van der Waals surface area contributed by atoms with Gasteiger partial charge < -0.3 is 10.2 Å². The van der Waals surface area contributed by atoms with Gasteiger partial charge in [0.1, 0.15) is 0 Å². The minimum Gasteiger partial charge on any atom is -0.481 e. The molecule has 0 aliphatic heterocycles. The van der Waals surface area contributed by atoms with Gasteiger partial charge in [0, 0.05) is 5.57 Å². The molecule has 0 aromatic heterocycles. The molecular weight excluding hydrogens is 268 g/mol. The second-order valence-electron chi connectivity index (χ2n) is 5.03. The molecule has 0 fully saturated rings. The third-order valence-corrected chi connectivity index (χ3v) is 2.93. The Morgan fingerprint density at radius 1 is 0.952 bits per heavy atom. The van der Waals surface area contributed by atoms with Gasteiger partial charge in [0.2, 0.25) is 0 Å². The fourth-order valence-electron chi connectivity index (χ4n) is 1.68. The van der Waals surface area contributed by atoms with Crippen molar-refractivity contribution in [3.8, 4) is 0 Å². The fourth-order valence-corrected chi connectivity index (χ4v) is 1.68. The van der Waals surface area contributed by atoms with Crippen LogP contribution >= 0.6 is 0 Å². The molecule has 0 rings (SSSR count). The van der Waals surface area contributed by atoms with E-state index in [0.29, 0.717) is 0 Å². The van der Waals surface area contributed by atoms with Crippen molar-refractivity contribution in [2.45, 2.75) is 71.1 Å². The monoisotopic (exact) mass is 298 g/mol. The maximum atomic E-state index is 9.87. The van der Waals surface area contributed by atoms with E-state index in [2.05, 4.69) is 20.1 Å². The van der Waals surface area contributed by atoms with Crippen LogP contribution in [0.25, 0.3) is 0 Å². The van der Waals surface area contributed by atoms with E-state index in [0.717, 1.165) is 0 Å². The third-order valence-electron chi connectivity index (χ3n) is 2.93. The van der Waals surface area contributed by atoms with Crippen LogP contribution in [0.5, 0.6) is 0 Å². The summed E-state index contributed by atoms with van der Waals surface area (Å²) in [5.74, 6) is -2.44. The van der Waals surface area contributed by atoms with Gasteiger partial charge >= 0.3 is 11.9 Å². The second-order valence-corrected chi connectivity index (χ2v) is 5.03. The largest absolute Gasteiger partial charge is 0.481 e. The first-order chi connectivity index (χ1) is 9.95. The first-order valence-corrected chi connectivity index (χ1v) is 7.69. The Kier molecular flexibility index (Phi) is 17.0. The van der Waals surface area contributed by atoms with Crippen LogP contribution in [0.4, 0.5) is 0 Å². The van der Waals surface area contributed by atoms with Gasteiger partial charge in [-0.3, -0.25) is 4.79 Å². The van der Waals surface area contributed by atoms with Crippen molar-refractivity contribution in [2.75, 3.05) is 0 Å². The molecule has 0 aliphatic rings. The number of allylic oxidation sites excluding steroid dienone is 1. The number of carboxylic acid groups (broad SMARTS) is 2. The van der Waals surface area contributed by atoms with Gasteiger partial charge in [-0.15, -0.1) is 6.58 Å². The number of hydrogen-bond acceptors (Lipinski definition) is 2. The zero-order valence-corrected chi connectivity index (χ0v) is 13.3. The van der Waals surface area contributed by atoms with E-state index in [9.17, 15) is 9.59 Å². The molecule has 122 valence electrons. The van der Waals surface area contributed by atoms with Crippen molar-refractivity contribution < 1.29 is 19.8 Å². The van der Waals surface area contributed by atoms with E-state index in [-0.39, 0.29) is 5.57 Å². The number of rotatable bonds is 12. The molecule has 2 N–H and O–H groups in total. The minimum absolute atomic E-state index is 0.303. The molecule has 4 heteroatoms. The molecule has 0 saturated carbocycles. The highest BCUT2D eigenvalue weighted by Crippen LogP contribution is 2.09. The summed E-state index contributed by atoms with van der Waals surface area (Å²) in [4.78, 5) is 19.7. The Morgan fingerprint density at radius 3 is 1.76 bits per heavy atom. The highest BCUT2D eigenvalue weighted by atomic mass is 16.4. The van der Waals surface area contributed by atoms with Gasteiger partial charge in [-0.2, -0.15) is 0 Å². The molecule has 0 amide bonds. The van der Waals surface area contributed by atoms with Crippen LogP contribution in [-0.4, -0.2) is 22.2 Å². The number of aliphatic carboxylic acids is 2. The van der Waals surface area contributed by atoms with Crippen molar-refractivity contribution >= 4 is 11.9 Å². The highest BCUT2D eigenvalue weighted by Gasteiger charge is 2.07. The van der Waals surface area contributed by atoms with Crippen molar-refractivity contribution in [1.82, 2.24) is 0 Å². The Bertz CT molecular complexity index is 308. The van der Waals surface area contributed by atoms with E-state index in [1.165, 1.54) is 57.8 Å². The average molecular weight is 298 g/mol. The molecule has 0 aliphatic carbocycles. The minimum atomic E-state index is -1.27. The molecule has 4 nitrogen and oxygen atoms in total. The third kappa shape index (κ3) is 20.9. The van der Waals surface area contributed by atoms with Crippen LogP contribution in [0.15, 0.2) is 24.8 Å². The van der Waals surface area contributed by atoms with Gasteiger partial charge in [-0.05, 0) is 12.8 Å². The molecule has 0 radical (unpaired) electrons. The smallest absolute Gasteiger partial charge is 0.331 e. The summed E-state index contributed by atoms with van der Waals surface area (Å²) in [6.07, 6.45) is 14.0. The fraction of sp³-hybridized carbons (Fsp3) is 0.647. The molecule has 21 heavy (non-hydrogen) atoms. The van der Waals surface area contributed by atoms with Crippen molar-refractivity contribution in [1.29, 1.82) is 0 Å². The molecule has 0 unspecified atom stereocenters. The molecule has 0 saturated heterocycles. The SMILES string of the molecule is C=C(CC(=O)O)C(=O)O.C=CCCCCCCCCCC. The molecule has 0 aromatic carbocycles. The maximum Gasteiger partial charge on any atom is 0.331 e. The molecule has 0 atom stereocenters. The molecule has 0 spiro atoms. The predicted octanol–water partition coefficient (Wildman–Crippen LogP) is 4.81. The van der Waals surface area contributed by atoms with Crippen molar-refractivity contribution in [3.63, 3.8) is 0 Å². The van der Waals surface area contributed by atoms with Crippen molar-refractivity contribution in [3.05, 3.63) is 24.8 Å². The summed E-state index contributed by atoms with van der Waals surface area (Å²) < 4.78 is 0. The van der Waals surface area contributed by atoms with E-state index in [1.807, 2.05) is 6.08 Å². The summed E-state index contributed by atoms with van der Waals surface area (Å²) in [7, 11) is 0. The van der Waals surface area contributed by atoms with Crippen LogP contribution in [0.2, 0.25) is 0 Å². The molecule has 0 heterocycles. The van der Waals surface area contributed by atoms with Gasteiger partial charge in [0.25, 0.3) is 0 Å². The van der Waals surface area contributed by atoms with Gasteiger partial charge in [-0.25, -0.2) is 4.79 Å². The lowest BCUT2D eigenvalue weighted by atomic mass is 10.1. The quantitative estimate of drug-likeness (QED) is 0.308. The zero-order chi connectivity index (χ0) is 16.5. The molecule has 0 bridgehead atoms. The van der Waals surface area contributed by atoms with E-state index in [4.69, 9.17) is 10.2 Å². The summed E-state index contributed by atoms with van der Waals surface area (Å²) in [5.41, 5.74) is -0.303. The number of carbonyl (C=O) groups is 2. The first-order valence-electron chi connectivity index (χ1n) is 7.69. The Hall–Kier alpha value is -1.58. The maximum absolute atomic E-state index is 9.87. The normalized spacial score (nSPS) is 9.38. The van der Waals surface area contributed by atoms with E-state index in [1.54, 1.807) is 0 Å². The van der Waals surface area contributed by atoms with Gasteiger partial charge in [-0.1, -0.05) is 64.5 Å². The first kappa shape index (κ1) is 21.7. The summed E-state index contributed by atoms with van der Waals surface area (Å²) >= 11 is 0. The highest BCUT2D eigenvalue weighted by molar-refractivity contribution is 5.91. The lowest BCUT2D eigenvalue weighted by Gasteiger charge is -1.99. The Balaban J connectivity index is 0. The van der Waals surface area contributed by atoms with Crippen LogP contribution in [0.1, 0.15) is 71.1 Å². The molecular formula is C17H30O4. The van der Waals surface area contributed by atoms with Gasteiger partial charge in [0.05, 0.1) is 6.42 Å². The summed E-state index contributed by atoms with van der Waals surface area (Å²) in [6, 6.07) is 0. The van der Waals surface area contributed by atoms with E-state index >= 15 is 0 Å². The standard InChI is InChI=1S/C12H24.C5H6O4/c1-3-5-7-9-11-12-10-8-6-4-2;1-3(5(8)9)2-4(6)7/h3H,1,4-12H2,2H3;1-2H2,(H,6,7)(H,8,9). The Labute approximate surface area is 128 Å².